The molecule has 172 valence electrons. The van der Waals surface area contributed by atoms with Crippen LogP contribution in [0.25, 0.3) is 0 Å². The predicted octanol–water partition coefficient (Wildman–Crippen LogP) is 5.31. The van der Waals surface area contributed by atoms with E-state index in [1.807, 2.05) is 43.3 Å². The molecule has 1 amide bonds. The van der Waals surface area contributed by atoms with Crippen LogP contribution in [0.2, 0.25) is 0 Å². The van der Waals surface area contributed by atoms with Crippen molar-refractivity contribution in [2.75, 3.05) is 37.0 Å². The highest BCUT2D eigenvalue weighted by molar-refractivity contribution is 5.94. The number of anilines is 2. The summed E-state index contributed by atoms with van der Waals surface area (Å²) in [7, 11) is 3.96. The van der Waals surface area contributed by atoms with E-state index in [9.17, 15) is 18.0 Å². The van der Waals surface area contributed by atoms with E-state index >= 15 is 0 Å². The molecule has 4 nitrogen and oxygen atoms in total. The Hall–Kier alpha value is -3.48. The Morgan fingerprint density at radius 1 is 1.00 bits per heavy atom. The van der Waals surface area contributed by atoms with Gasteiger partial charge in [-0.05, 0) is 60.0 Å². The molecule has 33 heavy (non-hydrogen) atoms. The van der Waals surface area contributed by atoms with E-state index in [4.69, 9.17) is 0 Å². The van der Waals surface area contributed by atoms with Crippen molar-refractivity contribution < 1.29 is 18.0 Å². The van der Waals surface area contributed by atoms with Gasteiger partial charge >= 0.3 is 6.18 Å². The molecular formula is C26H26F3N3O. The summed E-state index contributed by atoms with van der Waals surface area (Å²) in [6.07, 6.45) is -3.50. The normalized spacial score (nSPS) is 14.0. The number of carbonyl (C=O) groups excluding carboxylic acids is 1. The van der Waals surface area contributed by atoms with Crippen LogP contribution in [0.3, 0.4) is 0 Å². The maximum Gasteiger partial charge on any atom is 0.416 e. The van der Waals surface area contributed by atoms with Gasteiger partial charge in [-0.2, -0.15) is 13.2 Å². The van der Waals surface area contributed by atoms with E-state index in [0.717, 1.165) is 42.0 Å². The molecule has 0 radical (unpaired) electrons. The molecule has 0 saturated heterocycles. The van der Waals surface area contributed by atoms with Crippen molar-refractivity contribution >= 4 is 17.3 Å². The minimum atomic E-state index is -4.43. The fraction of sp³-hybridized carbons (Fsp3) is 0.269. The van der Waals surface area contributed by atoms with Gasteiger partial charge < -0.3 is 15.1 Å². The summed E-state index contributed by atoms with van der Waals surface area (Å²) in [6.45, 7) is 1.16. The summed E-state index contributed by atoms with van der Waals surface area (Å²) < 4.78 is 38.5. The Balaban J connectivity index is 1.56. The van der Waals surface area contributed by atoms with Gasteiger partial charge in [0.05, 0.1) is 11.6 Å². The number of amides is 1. The molecule has 0 fully saturated rings. The van der Waals surface area contributed by atoms with Crippen LogP contribution in [0.4, 0.5) is 24.5 Å². The number of carbonyl (C=O) groups is 1. The number of fused-ring (bicyclic) bond motifs is 1. The first-order valence-electron chi connectivity index (χ1n) is 10.8. The van der Waals surface area contributed by atoms with Gasteiger partial charge in [-0.1, -0.05) is 30.3 Å². The number of benzene rings is 3. The zero-order chi connectivity index (χ0) is 23.6. The third-order valence-electron chi connectivity index (χ3n) is 6.02. The van der Waals surface area contributed by atoms with Crippen LogP contribution in [0.1, 0.15) is 33.1 Å². The zero-order valence-electron chi connectivity index (χ0n) is 18.6. The summed E-state index contributed by atoms with van der Waals surface area (Å²) in [5.41, 5.74) is 3.97. The van der Waals surface area contributed by atoms with Gasteiger partial charge in [-0.25, -0.2) is 0 Å². The molecule has 1 aliphatic rings. The fourth-order valence-electron chi connectivity index (χ4n) is 4.19. The lowest BCUT2D eigenvalue weighted by atomic mass is 10.0. The topological polar surface area (TPSA) is 35.6 Å². The lowest BCUT2D eigenvalue weighted by molar-refractivity contribution is -0.137. The molecule has 0 bridgehead atoms. The van der Waals surface area contributed by atoms with Crippen LogP contribution in [0.15, 0.2) is 72.8 Å². The fourth-order valence-corrected chi connectivity index (χ4v) is 4.19. The van der Waals surface area contributed by atoms with E-state index < -0.39 is 17.6 Å². The number of halogens is 3. The smallest absolute Gasteiger partial charge is 0.378 e. The van der Waals surface area contributed by atoms with Gasteiger partial charge in [-0.15, -0.1) is 0 Å². The monoisotopic (exact) mass is 453 g/mol. The third-order valence-corrected chi connectivity index (χ3v) is 6.02. The summed E-state index contributed by atoms with van der Waals surface area (Å²) >= 11 is 0. The number of rotatable bonds is 6. The molecule has 4 rings (SSSR count). The van der Waals surface area contributed by atoms with Gasteiger partial charge in [-0.3, -0.25) is 4.79 Å². The molecule has 0 unspecified atom stereocenters. The van der Waals surface area contributed by atoms with E-state index in [0.29, 0.717) is 6.54 Å². The number of alkyl halides is 3. The predicted molar refractivity (Wildman–Crippen MR) is 125 cm³/mol. The second-order valence-electron chi connectivity index (χ2n) is 8.36. The number of nitrogens with one attached hydrogen (secondary N) is 1. The molecular weight excluding hydrogens is 427 g/mol. The highest BCUT2D eigenvalue weighted by Gasteiger charge is 2.31. The van der Waals surface area contributed by atoms with Crippen LogP contribution < -0.4 is 15.1 Å². The Kier molecular flexibility index (Phi) is 6.31. The maximum atomic E-state index is 12.8. The Morgan fingerprint density at radius 3 is 2.30 bits per heavy atom. The maximum absolute atomic E-state index is 12.8. The number of nitrogens with zero attached hydrogens (tertiary/aromatic N) is 2. The van der Waals surface area contributed by atoms with Crippen molar-refractivity contribution in [1.29, 1.82) is 0 Å². The molecule has 0 saturated carbocycles. The molecule has 0 aliphatic carbocycles. The first-order chi connectivity index (χ1) is 15.7. The average Bonchev–Trinajstić information content (AvgIpc) is 3.23. The van der Waals surface area contributed by atoms with Crippen LogP contribution in [0.5, 0.6) is 0 Å². The number of hydrogen-bond donors (Lipinski definition) is 1. The molecule has 1 heterocycles. The van der Waals surface area contributed by atoms with Crippen LogP contribution in [0, 0.1) is 0 Å². The largest absolute Gasteiger partial charge is 0.416 e. The van der Waals surface area contributed by atoms with Crippen LogP contribution in [-0.4, -0.2) is 33.1 Å². The van der Waals surface area contributed by atoms with Crippen LogP contribution in [-0.2, 0) is 12.6 Å². The highest BCUT2D eigenvalue weighted by Crippen LogP contribution is 2.35. The van der Waals surface area contributed by atoms with E-state index in [1.54, 1.807) is 0 Å². The summed E-state index contributed by atoms with van der Waals surface area (Å²) in [5, 5.41) is 2.93. The Morgan fingerprint density at radius 2 is 1.67 bits per heavy atom. The SMILES string of the molecule is CN(C)c1ccc([C@@H](CNC(=O)c2ccc(C(F)(F)F)cc2)N2CCc3ccccc32)cc1. The molecule has 1 aliphatic heterocycles. The standard InChI is InChI=1S/C26H26F3N3O/c1-31(2)22-13-9-19(10-14-22)24(32-16-15-18-5-3-4-6-23(18)32)17-30-25(33)20-7-11-21(12-8-20)26(27,28)29/h3-14,24H,15-17H2,1-2H3,(H,30,33)/t24-/m1/s1. The summed E-state index contributed by atoms with van der Waals surface area (Å²) in [6, 6.07) is 20.6. The summed E-state index contributed by atoms with van der Waals surface area (Å²) in [4.78, 5) is 17.0. The minimum Gasteiger partial charge on any atom is -0.378 e. The number of hydrogen-bond acceptors (Lipinski definition) is 3. The van der Waals surface area contributed by atoms with Crippen molar-refractivity contribution in [2.45, 2.75) is 18.6 Å². The van der Waals surface area contributed by atoms with Crippen molar-refractivity contribution in [3.05, 3.63) is 95.1 Å². The minimum absolute atomic E-state index is 0.108. The molecule has 3 aromatic carbocycles. The second-order valence-corrected chi connectivity index (χ2v) is 8.36. The molecule has 7 heteroatoms. The number of para-hydroxylation sites is 1. The van der Waals surface area contributed by atoms with Crippen LogP contribution >= 0.6 is 0 Å². The average molecular weight is 454 g/mol. The molecule has 0 spiro atoms. The van der Waals surface area contributed by atoms with E-state index in [-0.39, 0.29) is 11.6 Å². The van der Waals surface area contributed by atoms with Gasteiger partial charge in [0, 0.05) is 44.1 Å². The van der Waals surface area contributed by atoms with Crippen molar-refractivity contribution in [3.8, 4) is 0 Å². The lowest BCUT2D eigenvalue weighted by Crippen LogP contribution is -2.37. The van der Waals surface area contributed by atoms with Crippen molar-refractivity contribution in [1.82, 2.24) is 5.32 Å². The quantitative estimate of drug-likeness (QED) is 0.550. The van der Waals surface area contributed by atoms with Gasteiger partial charge in [0.25, 0.3) is 5.91 Å². The van der Waals surface area contributed by atoms with E-state index in [1.165, 1.54) is 17.7 Å². The molecule has 3 aromatic rings. The highest BCUT2D eigenvalue weighted by atomic mass is 19.4. The Bertz CT molecular complexity index is 1110. The van der Waals surface area contributed by atoms with E-state index in [2.05, 4.69) is 34.5 Å². The zero-order valence-corrected chi connectivity index (χ0v) is 18.6. The van der Waals surface area contributed by atoms with Gasteiger partial charge in [0.2, 0.25) is 0 Å². The first-order valence-corrected chi connectivity index (χ1v) is 10.8. The van der Waals surface area contributed by atoms with Crippen molar-refractivity contribution in [2.24, 2.45) is 0 Å². The third kappa shape index (κ3) is 4.97. The molecule has 1 atom stereocenters. The molecule has 1 N–H and O–H groups in total. The van der Waals surface area contributed by atoms with Gasteiger partial charge in [0.15, 0.2) is 0 Å². The summed E-state index contributed by atoms with van der Waals surface area (Å²) in [5.74, 6) is -0.397. The second kappa shape index (κ2) is 9.17. The first kappa shape index (κ1) is 22.7. The molecule has 0 aromatic heterocycles. The van der Waals surface area contributed by atoms with Crippen molar-refractivity contribution in [3.63, 3.8) is 0 Å². The Labute approximate surface area is 191 Å². The lowest BCUT2D eigenvalue weighted by Gasteiger charge is -2.31. The van der Waals surface area contributed by atoms with Gasteiger partial charge in [0.1, 0.15) is 0 Å².